The maximum Gasteiger partial charge on any atom is 0.175 e. The number of nitrogens with zero attached hydrogens (tertiary/aromatic N) is 3. The summed E-state index contributed by atoms with van der Waals surface area (Å²) in [5.74, 6) is 2.23. The average Bonchev–Trinajstić information content (AvgIpc) is 3.08. The Morgan fingerprint density at radius 2 is 1.93 bits per heavy atom. The third kappa shape index (κ3) is 5.46. The molecule has 10 heteroatoms. The number of aliphatic hydroxyl groups is 1. The Balaban J connectivity index is 1.84. The molecule has 9 nitrogen and oxygen atoms in total. The first-order valence-electron chi connectivity index (χ1n) is 8.77. The summed E-state index contributed by atoms with van der Waals surface area (Å²) in [4.78, 5) is 4.54. The van der Waals surface area contributed by atoms with E-state index in [1.165, 1.54) is 18.3 Å². The molecule has 3 rings (SSSR count). The molecule has 0 amide bonds. The number of pyridine rings is 1. The predicted octanol–water partition coefficient (Wildman–Crippen LogP) is 2.51. The van der Waals surface area contributed by atoms with Gasteiger partial charge in [-0.2, -0.15) is 5.10 Å². The first kappa shape index (κ1) is 20.6. The number of aryl methyl sites for hydroxylation is 1. The van der Waals surface area contributed by atoms with Crippen LogP contribution in [0, 0.1) is 0 Å². The number of anilines is 2. The lowest BCUT2D eigenvalue weighted by Crippen LogP contribution is -2.17. The largest absolute Gasteiger partial charge is 0.484 e. The number of hydrogen-bond donors (Lipinski definition) is 2. The SMILES string of the molecule is C[C@@H](CO)Oc1cc(Oc2ccc(S(C)(=O)=O)cc2)cnc1Nc1ccn(C)n1. The maximum absolute atomic E-state index is 11.6. The van der Waals surface area contributed by atoms with Crippen molar-refractivity contribution in [3.05, 3.63) is 48.8 Å². The third-order valence-electron chi connectivity index (χ3n) is 3.86. The second-order valence-corrected chi connectivity index (χ2v) is 8.49. The van der Waals surface area contributed by atoms with E-state index in [4.69, 9.17) is 9.47 Å². The maximum atomic E-state index is 11.6. The van der Waals surface area contributed by atoms with Crippen LogP contribution in [0.15, 0.2) is 53.7 Å². The van der Waals surface area contributed by atoms with Crippen molar-refractivity contribution in [2.45, 2.75) is 17.9 Å². The van der Waals surface area contributed by atoms with Crippen molar-refractivity contribution >= 4 is 21.5 Å². The van der Waals surface area contributed by atoms with Crippen molar-refractivity contribution in [3.63, 3.8) is 0 Å². The van der Waals surface area contributed by atoms with Crippen molar-refractivity contribution in [3.8, 4) is 17.2 Å². The van der Waals surface area contributed by atoms with Gasteiger partial charge in [0.2, 0.25) is 0 Å². The summed E-state index contributed by atoms with van der Waals surface area (Å²) < 4.78 is 36.3. The molecule has 0 spiro atoms. The molecule has 1 atom stereocenters. The minimum absolute atomic E-state index is 0.166. The highest BCUT2D eigenvalue weighted by Gasteiger charge is 2.14. The number of benzene rings is 1. The summed E-state index contributed by atoms with van der Waals surface area (Å²) in [7, 11) is -1.48. The lowest BCUT2D eigenvalue weighted by molar-refractivity contribution is 0.130. The molecule has 2 aromatic heterocycles. The molecule has 0 unspecified atom stereocenters. The van der Waals surface area contributed by atoms with Crippen LogP contribution in [-0.2, 0) is 16.9 Å². The Labute approximate surface area is 168 Å². The lowest BCUT2D eigenvalue weighted by Gasteiger charge is -2.16. The monoisotopic (exact) mass is 418 g/mol. The van der Waals surface area contributed by atoms with Crippen molar-refractivity contribution in [1.82, 2.24) is 14.8 Å². The fourth-order valence-electron chi connectivity index (χ4n) is 2.41. The second kappa shape index (κ2) is 8.50. The van der Waals surface area contributed by atoms with E-state index < -0.39 is 15.9 Å². The molecule has 154 valence electrons. The van der Waals surface area contributed by atoms with E-state index in [0.717, 1.165) is 6.26 Å². The van der Waals surface area contributed by atoms with E-state index in [9.17, 15) is 13.5 Å². The van der Waals surface area contributed by atoms with Crippen molar-refractivity contribution in [1.29, 1.82) is 0 Å². The van der Waals surface area contributed by atoms with Gasteiger partial charge in [0.05, 0.1) is 17.7 Å². The van der Waals surface area contributed by atoms with Gasteiger partial charge in [-0.1, -0.05) is 0 Å². The van der Waals surface area contributed by atoms with Gasteiger partial charge in [0.15, 0.2) is 27.2 Å². The van der Waals surface area contributed by atoms with Gasteiger partial charge in [-0.05, 0) is 31.2 Å². The number of hydrogen-bond acceptors (Lipinski definition) is 8. The molecule has 1 aromatic carbocycles. The summed E-state index contributed by atoms with van der Waals surface area (Å²) in [6, 6.07) is 9.49. The molecule has 2 N–H and O–H groups in total. The molecule has 0 saturated carbocycles. The van der Waals surface area contributed by atoms with E-state index in [2.05, 4.69) is 15.4 Å². The van der Waals surface area contributed by atoms with Crippen molar-refractivity contribution in [2.24, 2.45) is 7.05 Å². The topological polar surface area (TPSA) is 116 Å². The van der Waals surface area contributed by atoms with Crippen LogP contribution in [0.3, 0.4) is 0 Å². The van der Waals surface area contributed by atoms with Crippen LogP contribution in [0.25, 0.3) is 0 Å². The molecule has 0 bridgehead atoms. The van der Waals surface area contributed by atoms with Crippen LogP contribution < -0.4 is 14.8 Å². The minimum atomic E-state index is -3.28. The zero-order valence-corrected chi connectivity index (χ0v) is 17.0. The van der Waals surface area contributed by atoms with Gasteiger partial charge < -0.3 is 19.9 Å². The molecule has 3 aromatic rings. The first-order chi connectivity index (χ1) is 13.7. The van der Waals surface area contributed by atoms with Crippen LogP contribution in [0.2, 0.25) is 0 Å². The van der Waals surface area contributed by atoms with Gasteiger partial charge in [-0.25, -0.2) is 13.4 Å². The molecule has 29 heavy (non-hydrogen) atoms. The molecule has 0 radical (unpaired) electrons. The molecule has 0 fully saturated rings. The van der Waals surface area contributed by atoms with Crippen LogP contribution in [0.1, 0.15) is 6.92 Å². The zero-order chi connectivity index (χ0) is 21.0. The number of nitrogens with one attached hydrogen (secondary N) is 1. The first-order valence-corrected chi connectivity index (χ1v) is 10.7. The van der Waals surface area contributed by atoms with E-state index in [1.807, 2.05) is 0 Å². The van der Waals surface area contributed by atoms with Gasteiger partial charge in [-0.3, -0.25) is 4.68 Å². The molecule has 0 aliphatic rings. The van der Waals surface area contributed by atoms with Gasteiger partial charge in [-0.15, -0.1) is 0 Å². The number of aromatic nitrogens is 3. The average molecular weight is 418 g/mol. The smallest absolute Gasteiger partial charge is 0.175 e. The zero-order valence-electron chi connectivity index (χ0n) is 16.2. The fraction of sp³-hybridized carbons (Fsp3) is 0.263. The second-order valence-electron chi connectivity index (χ2n) is 6.47. The number of sulfone groups is 1. The van der Waals surface area contributed by atoms with Crippen molar-refractivity contribution in [2.75, 3.05) is 18.2 Å². The van der Waals surface area contributed by atoms with Crippen LogP contribution >= 0.6 is 0 Å². The van der Waals surface area contributed by atoms with Gasteiger partial charge in [0, 0.05) is 31.6 Å². The minimum Gasteiger partial charge on any atom is -0.484 e. The number of ether oxygens (including phenoxy) is 2. The summed E-state index contributed by atoms with van der Waals surface area (Å²) in [5, 5.41) is 16.6. The standard InChI is InChI=1S/C19H22N4O5S/c1-13(12-24)27-17-10-15(11-20-19(17)21-18-8-9-23(2)22-18)28-14-4-6-16(7-5-14)29(3,25)26/h4-11,13,24H,12H2,1-3H3,(H,20,21,22)/t13-/m0/s1. The molecule has 0 aliphatic carbocycles. The molecule has 2 heterocycles. The summed E-state index contributed by atoms with van der Waals surface area (Å²) in [6.45, 7) is 1.56. The Hall–Kier alpha value is -3.11. The Morgan fingerprint density at radius 3 is 2.52 bits per heavy atom. The Kier molecular flexibility index (Phi) is 6.04. The lowest BCUT2D eigenvalue weighted by atomic mass is 10.3. The Morgan fingerprint density at radius 1 is 1.21 bits per heavy atom. The predicted molar refractivity (Wildman–Crippen MR) is 108 cm³/mol. The van der Waals surface area contributed by atoms with Crippen LogP contribution in [0.5, 0.6) is 17.2 Å². The summed E-state index contributed by atoms with van der Waals surface area (Å²) in [6.07, 6.45) is 3.99. The normalized spacial score (nSPS) is 12.4. The number of rotatable bonds is 8. The van der Waals surface area contributed by atoms with Gasteiger partial charge >= 0.3 is 0 Å². The fourth-order valence-corrected chi connectivity index (χ4v) is 3.04. The quantitative estimate of drug-likeness (QED) is 0.573. The highest BCUT2D eigenvalue weighted by molar-refractivity contribution is 7.90. The Bertz CT molecular complexity index is 1080. The summed E-state index contributed by atoms with van der Waals surface area (Å²) in [5.41, 5.74) is 0. The highest BCUT2D eigenvalue weighted by Crippen LogP contribution is 2.32. The van der Waals surface area contributed by atoms with E-state index in [0.29, 0.717) is 28.9 Å². The van der Waals surface area contributed by atoms with E-state index in [-0.39, 0.29) is 11.5 Å². The third-order valence-corrected chi connectivity index (χ3v) is 4.99. The van der Waals surface area contributed by atoms with Crippen molar-refractivity contribution < 1.29 is 23.0 Å². The summed E-state index contributed by atoms with van der Waals surface area (Å²) >= 11 is 0. The van der Waals surface area contributed by atoms with E-state index >= 15 is 0 Å². The molecule has 0 aliphatic heterocycles. The highest BCUT2D eigenvalue weighted by atomic mass is 32.2. The van der Waals surface area contributed by atoms with Gasteiger partial charge in [0.25, 0.3) is 0 Å². The van der Waals surface area contributed by atoms with Gasteiger partial charge in [0.1, 0.15) is 17.6 Å². The van der Waals surface area contributed by atoms with Crippen LogP contribution in [0.4, 0.5) is 11.6 Å². The number of aliphatic hydroxyl groups excluding tert-OH is 1. The molecular weight excluding hydrogens is 396 g/mol. The van der Waals surface area contributed by atoms with E-state index in [1.54, 1.807) is 49.1 Å². The molecular formula is C19H22N4O5S. The van der Waals surface area contributed by atoms with Crippen LogP contribution in [-0.4, -0.2) is 47.3 Å². The molecule has 0 saturated heterocycles.